The van der Waals surface area contributed by atoms with Crippen LogP contribution in [-0.2, 0) is 4.79 Å². The number of aromatic hydroxyl groups is 1. The standard InChI is InChI=1S/C13H17NO4/c1-3-8(2)6-12(16)14-10-5-4-9(13(17)18)7-11(10)15/h4-5,7-8,15H,3,6H2,1-2H3,(H,14,16)(H,17,18). The van der Waals surface area contributed by atoms with Crippen LogP contribution in [0.15, 0.2) is 18.2 Å². The Hall–Kier alpha value is -2.04. The topological polar surface area (TPSA) is 86.6 Å². The van der Waals surface area contributed by atoms with E-state index in [4.69, 9.17) is 5.11 Å². The third-order valence-corrected chi connectivity index (χ3v) is 2.75. The van der Waals surface area contributed by atoms with E-state index in [0.29, 0.717) is 6.42 Å². The summed E-state index contributed by atoms with van der Waals surface area (Å²) in [6.45, 7) is 3.96. The van der Waals surface area contributed by atoms with E-state index in [2.05, 4.69) is 5.32 Å². The first-order valence-corrected chi connectivity index (χ1v) is 5.80. The Balaban J connectivity index is 2.74. The third-order valence-electron chi connectivity index (χ3n) is 2.75. The second-order valence-corrected chi connectivity index (χ2v) is 4.30. The Kier molecular flexibility index (Phi) is 4.71. The van der Waals surface area contributed by atoms with Crippen molar-refractivity contribution < 1.29 is 19.8 Å². The summed E-state index contributed by atoms with van der Waals surface area (Å²) in [6.07, 6.45) is 1.27. The Labute approximate surface area is 105 Å². The average Bonchev–Trinajstić information content (AvgIpc) is 2.31. The number of nitrogens with one attached hydrogen (secondary N) is 1. The number of phenols is 1. The second-order valence-electron chi connectivity index (χ2n) is 4.30. The van der Waals surface area contributed by atoms with Crippen molar-refractivity contribution in [2.24, 2.45) is 5.92 Å². The molecule has 1 rings (SSSR count). The summed E-state index contributed by atoms with van der Waals surface area (Å²) >= 11 is 0. The van der Waals surface area contributed by atoms with Gasteiger partial charge in [0.25, 0.3) is 0 Å². The van der Waals surface area contributed by atoms with Gasteiger partial charge in [0.2, 0.25) is 5.91 Å². The molecule has 0 bridgehead atoms. The second kappa shape index (κ2) is 6.05. The molecule has 0 spiro atoms. The van der Waals surface area contributed by atoms with E-state index >= 15 is 0 Å². The van der Waals surface area contributed by atoms with Gasteiger partial charge in [0, 0.05) is 6.42 Å². The first kappa shape index (κ1) is 14.0. The van der Waals surface area contributed by atoms with E-state index in [-0.39, 0.29) is 28.8 Å². The Morgan fingerprint density at radius 1 is 1.39 bits per heavy atom. The lowest BCUT2D eigenvalue weighted by Crippen LogP contribution is -2.15. The van der Waals surface area contributed by atoms with Gasteiger partial charge in [0.05, 0.1) is 11.3 Å². The van der Waals surface area contributed by atoms with Crippen LogP contribution >= 0.6 is 0 Å². The number of anilines is 1. The van der Waals surface area contributed by atoms with Gasteiger partial charge in [-0.2, -0.15) is 0 Å². The van der Waals surface area contributed by atoms with Crippen LogP contribution in [-0.4, -0.2) is 22.1 Å². The smallest absolute Gasteiger partial charge is 0.335 e. The van der Waals surface area contributed by atoms with Crippen LogP contribution in [0.3, 0.4) is 0 Å². The Bertz CT molecular complexity index is 456. The molecule has 1 unspecified atom stereocenters. The highest BCUT2D eigenvalue weighted by molar-refractivity contribution is 5.94. The third kappa shape index (κ3) is 3.76. The minimum atomic E-state index is -1.12. The molecule has 0 aliphatic carbocycles. The van der Waals surface area contributed by atoms with Gasteiger partial charge in [0.15, 0.2) is 0 Å². The highest BCUT2D eigenvalue weighted by Crippen LogP contribution is 2.24. The number of carboxylic acids is 1. The van der Waals surface area contributed by atoms with Gasteiger partial charge < -0.3 is 15.5 Å². The van der Waals surface area contributed by atoms with Crippen LogP contribution in [0.1, 0.15) is 37.0 Å². The zero-order valence-electron chi connectivity index (χ0n) is 10.4. The van der Waals surface area contributed by atoms with Gasteiger partial charge >= 0.3 is 5.97 Å². The van der Waals surface area contributed by atoms with Crippen LogP contribution in [0.4, 0.5) is 5.69 Å². The lowest BCUT2D eigenvalue weighted by Gasteiger charge is -2.10. The quantitative estimate of drug-likeness (QED) is 0.701. The first-order valence-electron chi connectivity index (χ1n) is 5.80. The van der Waals surface area contributed by atoms with Crippen molar-refractivity contribution in [2.45, 2.75) is 26.7 Å². The maximum atomic E-state index is 11.6. The maximum Gasteiger partial charge on any atom is 0.335 e. The molecule has 18 heavy (non-hydrogen) atoms. The molecule has 0 saturated heterocycles. The van der Waals surface area contributed by atoms with E-state index in [0.717, 1.165) is 12.5 Å². The van der Waals surface area contributed by atoms with Crippen molar-refractivity contribution >= 4 is 17.6 Å². The van der Waals surface area contributed by atoms with Crippen LogP contribution in [0.25, 0.3) is 0 Å². The molecule has 5 nitrogen and oxygen atoms in total. The maximum absolute atomic E-state index is 11.6. The molecule has 0 aromatic heterocycles. The highest BCUT2D eigenvalue weighted by Gasteiger charge is 2.11. The normalized spacial score (nSPS) is 11.9. The van der Waals surface area contributed by atoms with Crippen molar-refractivity contribution in [3.8, 4) is 5.75 Å². The molecule has 0 saturated carbocycles. The summed E-state index contributed by atoms with van der Waals surface area (Å²) in [5, 5.41) is 20.9. The largest absolute Gasteiger partial charge is 0.506 e. The molecule has 1 aromatic rings. The van der Waals surface area contributed by atoms with E-state index in [1.165, 1.54) is 12.1 Å². The summed E-state index contributed by atoms with van der Waals surface area (Å²) in [7, 11) is 0. The van der Waals surface area contributed by atoms with Gasteiger partial charge in [-0.15, -0.1) is 0 Å². The number of rotatable bonds is 5. The molecular formula is C13H17NO4. The van der Waals surface area contributed by atoms with Crippen LogP contribution in [0, 0.1) is 5.92 Å². The minimum absolute atomic E-state index is 0.0209. The number of hydrogen-bond acceptors (Lipinski definition) is 3. The van der Waals surface area contributed by atoms with Crippen molar-refractivity contribution in [1.29, 1.82) is 0 Å². The molecule has 3 N–H and O–H groups in total. The number of carbonyl (C=O) groups excluding carboxylic acids is 1. The van der Waals surface area contributed by atoms with E-state index in [9.17, 15) is 14.7 Å². The lowest BCUT2D eigenvalue weighted by atomic mass is 10.0. The van der Waals surface area contributed by atoms with Gasteiger partial charge in [-0.1, -0.05) is 20.3 Å². The van der Waals surface area contributed by atoms with Crippen molar-refractivity contribution in [3.05, 3.63) is 23.8 Å². The van der Waals surface area contributed by atoms with Gasteiger partial charge in [0.1, 0.15) is 5.75 Å². The zero-order chi connectivity index (χ0) is 13.7. The predicted octanol–water partition coefficient (Wildman–Crippen LogP) is 2.47. The van der Waals surface area contributed by atoms with Gasteiger partial charge in [-0.05, 0) is 24.1 Å². The molecule has 0 radical (unpaired) electrons. The number of hydrogen-bond donors (Lipinski definition) is 3. The zero-order valence-corrected chi connectivity index (χ0v) is 10.4. The van der Waals surface area contributed by atoms with Gasteiger partial charge in [-0.25, -0.2) is 4.79 Å². The summed E-state index contributed by atoms with van der Waals surface area (Å²) in [5.41, 5.74) is 0.209. The first-order chi connectivity index (χ1) is 8.43. The van der Waals surface area contributed by atoms with E-state index in [1.807, 2.05) is 13.8 Å². The molecule has 0 fully saturated rings. The fraction of sp³-hybridized carbons (Fsp3) is 0.385. The number of phenolic OH excluding ortho intramolecular Hbond substituents is 1. The summed E-state index contributed by atoms with van der Waals surface area (Å²) < 4.78 is 0. The van der Waals surface area contributed by atoms with Crippen LogP contribution < -0.4 is 5.32 Å². The monoisotopic (exact) mass is 251 g/mol. The molecule has 1 amide bonds. The Morgan fingerprint density at radius 2 is 2.06 bits per heavy atom. The fourth-order valence-electron chi connectivity index (χ4n) is 1.43. The van der Waals surface area contributed by atoms with Gasteiger partial charge in [-0.3, -0.25) is 4.79 Å². The van der Waals surface area contributed by atoms with Crippen molar-refractivity contribution in [3.63, 3.8) is 0 Å². The van der Waals surface area contributed by atoms with Crippen molar-refractivity contribution in [1.82, 2.24) is 0 Å². The number of amides is 1. The number of aromatic carboxylic acids is 1. The average molecular weight is 251 g/mol. The number of carbonyl (C=O) groups is 2. The number of benzene rings is 1. The summed E-state index contributed by atoms with van der Waals surface area (Å²) in [4.78, 5) is 22.3. The molecule has 0 aliphatic rings. The molecule has 1 aromatic carbocycles. The van der Waals surface area contributed by atoms with Crippen molar-refractivity contribution in [2.75, 3.05) is 5.32 Å². The molecule has 1 atom stereocenters. The molecule has 0 heterocycles. The molecule has 0 aliphatic heterocycles. The molecular weight excluding hydrogens is 234 g/mol. The van der Waals surface area contributed by atoms with Crippen LogP contribution in [0.5, 0.6) is 5.75 Å². The number of carboxylic acid groups (broad SMARTS) is 1. The summed E-state index contributed by atoms with van der Waals surface area (Å²) in [6, 6.07) is 3.83. The Morgan fingerprint density at radius 3 is 2.56 bits per heavy atom. The predicted molar refractivity (Wildman–Crippen MR) is 67.8 cm³/mol. The van der Waals surface area contributed by atoms with Crippen LogP contribution in [0.2, 0.25) is 0 Å². The lowest BCUT2D eigenvalue weighted by molar-refractivity contribution is -0.117. The summed E-state index contributed by atoms with van der Waals surface area (Å²) in [5.74, 6) is -1.29. The highest BCUT2D eigenvalue weighted by atomic mass is 16.4. The fourth-order valence-corrected chi connectivity index (χ4v) is 1.43. The molecule has 5 heteroatoms. The molecule has 98 valence electrons. The van der Waals surface area contributed by atoms with E-state index < -0.39 is 5.97 Å². The minimum Gasteiger partial charge on any atom is -0.506 e. The van der Waals surface area contributed by atoms with E-state index in [1.54, 1.807) is 0 Å². The SMILES string of the molecule is CCC(C)CC(=O)Nc1ccc(C(=O)O)cc1O.